The maximum absolute atomic E-state index is 12.8. The molecule has 0 radical (unpaired) electrons. The minimum absolute atomic E-state index is 0.0453. The molecule has 2 fully saturated rings. The monoisotopic (exact) mass is 382 g/mol. The van der Waals surface area contributed by atoms with Crippen LogP contribution in [0.3, 0.4) is 0 Å². The summed E-state index contributed by atoms with van der Waals surface area (Å²) in [4.78, 5) is 13.9. The van der Waals surface area contributed by atoms with Gasteiger partial charge in [-0.3, -0.25) is 0 Å². The topological polar surface area (TPSA) is 63.6 Å². The second kappa shape index (κ2) is 6.41. The van der Waals surface area contributed by atoms with Crippen LogP contribution in [0.1, 0.15) is 53.4 Å². The Bertz CT molecular complexity index is 976. The molecule has 0 bridgehead atoms. The molecule has 2 saturated carbocycles. The van der Waals surface area contributed by atoms with Crippen molar-refractivity contribution in [1.29, 1.82) is 0 Å². The summed E-state index contributed by atoms with van der Waals surface area (Å²) in [6.07, 6.45) is 9.44. The Hall–Kier alpha value is -2.27. The zero-order valence-corrected chi connectivity index (χ0v) is 15.8. The average Bonchev–Trinajstić information content (AvgIpc) is 3.47. The molecule has 0 aromatic carbocycles. The number of hydrogen-bond acceptors (Lipinski definition) is 5. The molecule has 0 saturated heterocycles. The van der Waals surface area contributed by atoms with Gasteiger partial charge in [-0.15, -0.1) is 11.3 Å². The Morgan fingerprint density at radius 2 is 2.11 bits per heavy atom. The Kier molecular flexibility index (Phi) is 4.01. The van der Waals surface area contributed by atoms with E-state index in [-0.39, 0.29) is 22.7 Å². The Balaban J connectivity index is 1.43. The van der Waals surface area contributed by atoms with Crippen LogP contribution in [0.25, 0.3) is 0 Å². The van der Waals surface area contributed by atoms with Gasteiger partial charge < -0.3 is 13.9 Å². The number of hydrogen-bond donors (Lipinski definition) is 1. The Morgan fingerprint density at radius 1 is 1.26 bits per heavy atom. The molecule has 27 heavy (non-hydrogen) atoms. The van der Waals surface area contributed by atoms with Gasteiger partial charge in [0.25, 0.3) is 0 Å². The van der Waals surface area contributed by atoms with Gasteiger partial charge >= 0.3 is 5.63 Å². The molecule has 2 aliphatic carbocycles. The van der Waals surface area contributed by atoms with E-state index in [4.69, 9.17) is 8.83 Å². The summed E-state index contributed by atoms with van der Waals surface area (Å²) in [5.74, 6) is 1.06. The second-order valence-electron chi connectivity index (χ2n) is 8.11. The fourth-order valence-electron chi connectivity index (χ4n) is 4.21. The lowest BCUT2D eigenvalue weighted by atomic mass is 9.91. The van der Waals surface area contributed by atoms with Crippen molar-refractivity contribution in [2.45, 2.75) is 44.4 Å². The maximum atomic E-state index is 12.8. The molecular weight excluding hydrogens is 360 g/mol. The van der Waals surface area contributed by atoms with Crippen LogP contribution in [0.5, 0.6) is 5.75 Å². The fraction of sp³-hybridized carbons (Fsp3) is 0.409. The molecular formula is C22H22O4S. The first-order chi connectivity index (χ1) is 13.1. The molecule has 1 atom stereocenters. The lowest BCUT2D eigenvalue weighted by Crippen LogP contribution is -2.17. The molecule has 0 amide bonds. The molecule has 0 spiro atoms. The highest BCUT2D eigenvalue weighted by Crippen LogP contribution is 2.52. The van der Waals surface area contributed by atoms with E-state index in [1.54, 1.807) is 29.9 Å². The molecule has 2 aliphatic rings. The molecule has 5 heteroatoms. The predicted molar refractivity (Wildman–Crippen MR) is 103 cm³/mol. The molecule has 140 valence electrons. The van der Waals surface area contributed by atoms with Gasteiger partial charge in [-0.25, -0.2) is 4.79 Å². The van der Waals surface area contributed by atoms with E-state index in [1.807, 2.05) is 23.6 Å². The summed E-state index contributed by atoms with van der Waals surface area (Å²) in [6, 6.07) is 7.70. The van der Waals surface area contributed by atoms with Crippen molar-refractivity contribution in [3.05, 3.63) is 74.4 Å². The number of aromatic hydroxyl groups is 1. The largest absolute Gasteiger partial charge is 0.507 e. The molecule has 3 aromatic rings. The van der Waals surface area contributed by atoms with Crippen molar-refractivity contribution >= 4 is 11.3 Å². The van der Waals surface area contributed by atoms with Crippen molar-refractivity contribution in [2.75, 3.05) is 0 Å². The first-order valence-electron chi connectivity index (χ1n) is 9.54. The zero-order valence-electron chi connectivity index (χ0n) is 15.0. The van der Waals surface area contributed by atoms with E-state index in [2.05, 4.69) is 0 Å². The quantitative estimate of drug-likeness (QED) is 0.617. The molecule has 1 N–H and O–H groups in total. The zero-order chi connectivity index (χ0) is 18.4. The summed E-state index contributed by atoms with van der Waals surface area (Å²) in [5, 5.41) is 12.7. The van der Waals surface area contributed by atoms with Crippen LogP contribution in [0.2, 0.25) is 0 Å². The first kappa shape index (κ1) is 16.9. The van der Waals surface area contributed by atoms with E-state index in [0.717, 1.165) is 37.0 Å². The fourth-order valence-corrected chi connectivity index (χ4v) is 5.14. The van der Waals surface area contributed by atoms with Crippen molar-refractivity contribution in [1.82, 2.24) is 0 Å². The van der Waals surface area contributed by atoms with Crippen LogP contribution < -0.4 is 5.63 Å². The van der Waals surface area contributed by atoms with Crippen molar-refractivity contribution < 1.29 is 13.9 Å². The van der Waals surface area contributed by atoms with Gasteiger partial charge in [-0.05, 0) is 66.5 Å². The Morgan fingerprint density at radius 3 is 2.70 bits per heavy atom. The van der Waals surface area contributed by atoms with Crippen LogP contribution in [-0.4, -0.2) is 5.11 Å². The molecule has 4 nitrogen and oxygen atoms in total. The summed E-state index contributed by atoms with van der Waals surface area (Å²) in [6.45, 7) is 0. The minimum atomic E-state index is -0.380. The number of thiophene rings is 1. The SMILES string of the molecule is O=c1oc(CC2(Cc3ccoc3)CC2)cc(O)c1C(c1cccs1)C1CC1. The van der Waals surface area contributed by atoms with Gasteiger partial charge in [0.2, 0.25) is 0 Å². The average molecular weight is 382 g/mol. The van der Waals surface area contributed by atoms with Gasteiger partial charge in [0.05, 0.1) is 18.1 Å². The standard InChI is InChI=1S/C22H22O4S/c23-17-10-16(12-22(6-7-22)11-14-5-8-25-13-14)26-21(24)20(17)19(15-3-4-15)18-2-1-9-27-18/h1-2,5,8-10,13,15,19,23H,3-4,6-7,11-12H2. The smallest absolute Gasteiger partial charge is 0.343 e. The van der Waals surface area contributed by atoms with Crippen LogP contribution >= 0.6 is 11.3 Å². The highest BCUT2D eigenvalue weighted by molar-refractivity contribution is 7.10. The molecule has 3 aromatic heterocycles. The lowest BCUT2D eigenvalue weighted by molar-refractivity contribution is 0.371. The highest BCUT2D eigenvalue weighted by Gasteiger charge is 2.44. The molecule has 5 rings (SSSR count). The Labute approximate surface area is 161 Å². The van der Waals surface area contributed by atoms with Crippen LogP contribution in [0, 0.1) is 11.3 Å². The van der Waals surface area contributed by atoms with E-state index >= 15 is 0 Å². The number of rotatable bonds is 7. The van der Waals surface area contributed by atoms with Gasteiger partial charge in [0.1, 0.15) is 11.5 Å². The van der Waals surface area contributed by atoms with Crippen LogP contribution in [-0.2, 0) is 12.8 Å². The third-order valence-electron chi connectivity index (χ3n) is 5.94. The third kappa shape index (κ3) is 3.36. The highest BCUT2D eigenvalue weighted by atomic mass is 32.1. The van der Waals surface area contributed by atoms with E-state index in [1.165, 1.54) is 5.56 Å². The van der Waals surface area contributed by atoms with Gasteiger partial charge in [0.15, 0.2) is 0 Å². The second-order valence-corrected chi connectivity index (χ2v) is 9.09. The van der Waals surface area contributed by atoms with E-state index in [9.17, 15) is 9.90 Å². The van der Waals surface area contributed by atoms with E-state index in [0.29, 0.717) is 23.7 Å². The minimum Gasteiger partial charge on any atom is -0.507 e. The normalized spacial score (nSPS) is 19.1. The molecule has 0 aliphatic heterocycles. The van der Waals surface area contributed by atoms with E-state index < -0.39 is 0 Å². The summed E-state index contributed by atoms with van der Waals surface area (Å²) >= 11 is 1.64. The molecule has 1 unspecified atom stereocenters. The van der Waals surface area contributed by atoms with Crippen LogP contribution in [0.15, 0.2) is 55.8 Å². The van der Waals surface area contributed by atoms with Crippen molar-refractivity contribution in [3.63, 3.8) is 0 Å². The molecule has 3 heterocycles. The van der Waals surface area contributed by atoms with Crippen LogP contribution in [0.4, 0.5) is 0 Å². The first-order valence-corrected chi connectivity index (χ1v) is 10.4. The van der Waals surface area contributed by atoms with Gasteiger partial charge in [-0.2, -0.15) is 0 Å². The summed E-state index contributed by atoms with van der Waals surface area (Å²) < 4.78 is 10.9. The van der Waals surface area contributed by atoms with Gasteiger partial charge in [0, 0.05) is 23.3 Å². The summed E-state index contributed by atoms with van der Waals surface area (Å²) in [5.41, 5.74) is 1.34. The lowest BCUT2D eigenvalue weighted by Gasteiger charge is -2.17. The predicted octanol–water partition coefficient (Wildman–Crippen LogP) is 5.11. The maximum Gasteiger partial charge on any atom is 0.343 e. The third-order valence-corrected chi connectivity index (χ3v) is 6.89. The van der Waals surface area contributed by atoms with Crippen molar-refractivity contribution in [3.8, 4) is 5.75 Å². The number of furan rings is 1. The van der Waals surface area contributed by atoms with Gasteiger partial charge in [-0.1, -0.05) is 6.07 Å². The summed E-state index contributed by atoms with van der Waals surface area (Å²) in [7, 11) is 0. The van der Waals surface area contributed by atoms with Crippen molar-refractivity contribution in [2.24, 2.45) is 11.3 Å².